The van der Waals surface area contributed by atoms with Gasteiger partial charge in [0.25, 0.3) is 0 Å². The van der Waals surface area contributed by atoms with E-state index in [0.29, 0.717) is 17.7 Å². The van der Waals surface area contributed by atoms with Crippen LogP contribution in [0.5, 0.6) is 0 Å². The van der Waals surface area contributed by atoms with Gasteiger partial charge in [-0.1, -0.05) is 15.9 Å². The van der Waals surface area contributed by atoms with Crippen molar-refractivity contribution >= 4 is 38.9 Å². The van der Waals surface area contributed by atoms with Crippen LogP contribution >= 0.6 is 27.3 Å². The SMILES string of the molecule is N#Cc1cc(Br)ccc1NC(=O)Cc1ccsc1. The lowest BCUT2D eigenvalue weighted by atomic mass is 10.2. The van der Waals surface area contributed by atoms with Crippen LogP contribution in [-0.2, 0) is 11.2 Å². The second-order valence-electron chi connectivity index (χ2n) is 3.66. The van der Waals surface area contributed by atoms with Crippen molar-refractivity contribution < 1.29 is 4.79 Å². The van der Waals surface area contributed by atoms with Crippen LogP contribution in [0.3, 0.4) is 0 Å². The minimum atomic E-state index is -0.118. The first-order valence-corrected chi connectivity index (χ1v) is 6.93. The average molecular weight is 321 g/mol. The fraction of sp³-hybridized carbons (Fsp3) is 0.0769. The Hall–Kier alpha value is -1.64. The number of amides is 1. The Morgan fingerprint density at radius 2 is 2.28 bits per heavy atom. The third-order valence-corrected chi connectivity index (χ3v) is 3.55. The van der Waals surface area contributed by atoms with E-state index >= 15 is 0 Å². The summed E-state index contributed by atoms with van der Waals surface area (Å²) < 4.78 is 0.815. The van der Waals surface area contributed by atoms with Gasteiger partial charge in [0.05, 0.1) is 17.7 Å². The third kappa shape index (κ3) is 3.19. The zero-order valence-corrected chi connectivity index (χ0v) is 11.7. The Bertz CT molecular complexity index is 602. The van der Waals surface area contributed by atoms with Crippen molar-refractivity contribution in [2.75, 3.05) is 5.32 Å². The standard InChI is InChI=1S/C13H9BrN2OS/c14-11-1-2-12(10(6-11)7-15)16-13(17)5-9-3-4-18-8-9/h1-4,6,8H,5H2,(H,16,17). The second-order valence-corrected chi connectivity index (χ2v) is 5.35. The largest absolute Gasteiger partial charge is 0.325 e. The van der Waals surface area contributed by atoms with E-state index in [2.05, 4.69) is 27.3 Å². The van der Waals surface area contributed by atoms with Crippen LogP contribution in [0.4, 0.5) is 5.69 Å². The summed E-state index contributed by atoms with van der Waals surface area (Å²) in [7, 11) is 0. The van der Waals surface area contributed by atoms with Gasteiger partial charge in [0.2, 0.25) is 5.91 Å². The number of halogens is 1. The van der Waals surface area contributed by atoms with Gasteiger partial charge in [-0.15, -0.1) is 0 Å². The molecule has 0 unspecified atom stereocenters. The first-order valence-electron chi connectivity index (χ1n) is 5.19. The summed E-state index contributed by atoms with van der Waals surface area (Å²) in [5.41, 5.74) is 1.97. The Labute approximate surface area is 117 Å². The van der Waals surface area contributed by atoms with Gasteiger partial charge in [-0.2, -0.15) is 16.6 Å². The van der Waals surface area contributed by atoms with Crippen LogP contribution in [0.1, 0.15) is 11.1 Å². The van der Waals surface area contributed by atoms with Gasteiger partial charge >= 0.3 is 0 Å². The molecule has 0 saturated carbocycles. The molecule has 0 radical (unpaired) electrons. The normalized spacial score (nSPS) is 9.78. The number of nitrogens with zero attached hydrogens (tertiary/aromatic N) is 1. The van der Waals surface area contributed by atoms with E-state index in [1.165, 1.54) is 0 Å². The maximum Gasteiger partial charge on any atom is 0.228 e. The molecule has 90 valence electrons. The highest BCUT2D eigenvalue weighted by Gasteiger charge is 2.08. The fourth-order valence-corrected chi connectivity index (χ4v) is 2.52. The predicted octanol–water partition coefficient (Wildman–Crippen LogP) is 3.56. The molecule has 18 heavy (non-hydrogen) atoms. The van der Waals surface area contributed by atoms with E-state index in [1.54, 1.807) is 29.5 Å². The molecule has 1 amide bonds. The van der Waals surface area contributed by atoms with Gasteiger partial charge in [-0.05, 0) is 40.6 Å². The Morgan fingerprint density at radius 3 is 2.94 bits per heavy atom. The second kappa shape index (κ2) is 5.80. The Morgan fingerprint density at radius 1 is 1.44 bits per heavy atom. The topological polar surface area (TPSA) is 52.9 Å². The number of benzene rings is 1. The van der Waals surface area contributed by atoms with Crippen LogP contribution in [0, 0.1) is 11.3 Å². The number of anilines is 1. The van der Waals surface area contributed by atoms with Crippen molar-refractivity contribution in [1.29, 1.82) is 5.26 Å². The molecule has 1 N–H and O–H groups in total. The smallest absolute Gasteiger partial charge is 0.228 e. The summed E-state index contributed by atoms with van der Waals surface area (Å²) >= 11 is 4.85. The average Bonchev–Trinajstić information content (AvgIpc) is 2.84. The van der Waals surface area contributed by atoms with Crippen LogP contribution < -0.4 is 5.32 Å². The van der Waals surface area contributed by atoms with Crippen LogP contribution in [0.25, 0.3) is 0 Å². The van der Waals surface area contributed by atoms with Crippen molar-refractivity contribution in [3.63, 3.8) is 0 Å². The van der Waals surface area contributed by atoms with Crippen LogP contribution in [0.2, 0.25) is 0 Å². The molecule has 0 fully saturated rings. The molecule has 0 spiro atoms. The summed E-state index contributed by atoms with van der Waals surface area (Å²) in [5.74, 6) is -0.118. The van der Waals surface area contributed by atoms with E-state index < -0.39 is 0 Å². The van der Waals surface area contributed by atoms with Gasteiger partial charge in [-0.25, -0.2) is 0 Å². The molecular weight excluding hydrogens is 312 g/mol. The molecule has 5 heteroatoms. The summed E-state index contributed by atoms with van der Waals surface area (Å²) in [6, 6.07) is 9.16. The highest BCUT2D eigenvalue weighted by Crippen LogP contribution is 2.20. The quantitative estimate of drug-likeness (QED) is 0.940. The fourth-order valence-electron chi connectivity index (χ4n) is 1.49. The summed E-state index contributed by atoms with van der Waals surface area (Å²) in [6.07, 6.45) is 0.324. The van der Waals surface area contributed by atoms with Crippen molar-refractivity contribution in [3.8, 4) is 6.07 Å². The number of nitrogens with one attached hydrogen (secondary N) is 1. The molecule has 3 nitrogen and oxygen atoms in total. The summed E-state index contributed by atoms with van der Waals surface area (Å²) in [6.45, 7) is 0. The minimum absolute atomic E-state index is 0.118. The van der Waals surface area contributed by atoms with Gasteiger partial charge < -0.3 is 5.32 Å². The zero-order chi connectivity index (χ0) is 13.0. The molecule has 1 heterocycles. The van der Waals surface area contributed by atoms with Gasteiger partial charge in [0.1, 0.15) is 6.07 Å². The van der Waals surface area contributed by atoms with Gasteiger partial charge in [-0.3, -0.25) is 4.79 Å². The summed E-state index contributed by atoms with van der Waals surface area (Å²) in [4.78, 5) is 11.8. The van der Waals surface area contributed by atoms with E-state index in [-0.39, 0.29) is 5.91 Å². The summed E-state index contributed by atoms with van der Waals surface area (Å²) in [5, 5.41) is 15.6. The van der Waals surface area contributed by atoms with E-state index in [4.69, 9.17) is 5.26 Å². The van der Waals surface area contributed by atoms with Crippen molar-refractivity contribution in [1.82, 2.24) is 0 Å². The highest BCUT2D eigenvalue weighted by molar-refractivity contribution is 9.10. The number of hydrogen-bond acceptors (Lipinski definition) is 3. The number of rotatable bonds is 3. The van der Waals surface area contributed by atoms with Crippen molar-refractivity contribution in [2.24, 2.45) is 0 Å². The van der Waals surface area contributed by atoms with Crippen LogP contribution in [-0.4, -0.2) is 5.91 Å². The van der Waals surface area contributed by atoms with E-state index in [0.717, 1.165) is 10.0 Å². The number of thiophene rings is 1. The molecule has 0 aliphatic heterocycles. The number of carbonyl (C=O) groups is 1. The highest BCUT2D eigenvalue weighted by atomic mass is 79.9. The molecule has 0 aliphatic rings. The van der Waals surface area contributed by atoms with Gasteiger partial charge in [0, 0.05) is 4.47 Å². The molecule has 0 atom stereocenters. The maximum absolute atomic E-state index is 11.8. The molecule has 2 rings (SSSR count). The first kappa shape index (κ1) is 12.8. The molecular formula is C13H9BrN2OS. The lowest BCUT2D eigenvalue weighted by Crippen LogP contribution is -2.14. The predicted molar refractivity (Wildman–Crippen MR) is 75.5 cm³/mol. The molecule has 0 aliphatic carbocycles. The molecule has 0 saturated heterocycles. The Balaban J connectivity index is 2.10. The molecule has 0 bridgehead atoms. The van der Waals surface area contributed by atoms with Crippen molar-refractivity contribution in [3.05, 3.63) is 50.6 Å². The number of nitriles is 1. The number of hydrogen-bond donors (Lipinski definition) is 1. The monoisotopic (exact) mass is 320 g/mol. The Kier molecular flexibility index (Phi) is 4.13. The first-order chi connectivity index (χ1) is 8.69. The lowest BCUT2D eigenvalue weighted by Gasteiger charge is -2.06. The lowest BCUT2D eigenvalue weighted by molar-refractivity contribution is -0.115. The van der Waals surface area contributed by atoms with E-state index in [1.807, 2.05) is 16.8 Å². The minimum Gasteiger partial charge on any atom is -0.325 e. The molecule has 1 aromatic carbocycles. The van der Waals surface area contributed by atoms with E-state index in [9.17, 15) is 4.79 Å². The van der Waals surface area contributed by atoms with Crippen molar-refractivity contribution in [2.45, 2.75) is 6.42 Å². The zero-order valence-electron chi connectivity index (χ0n) is 9.31. The molecule has 2 aromatic rings. The molecule has 1 aromatic heterocycles. The number of carbonyl (C=O) groups excluding carboxylic acids is 1. The van der Waals surface area contributed by atoms with Crippen LogP contribution in [0.15, 0.2) is 39.5 Å². The van der Waals surface area contributed by atoms with Gasteiger partial charge in [0.15, 0.2) is 0 Å². The maximum atomic E-state index is 11.8. The third-order valence-electron chi connectivity index (χ3n) is 2.32.